The van der Waals surface area contributed by atoms with Crippen LogP contribution in [-0.4, -0.2) is 46.3 Å². The van der Waals surface area contributed by atoms with Crippen LogP contribution < -0.4 is 0 Å². The molecule has 5 heteroatoms. The highest BCUT2D eigenvalue weighted by molar-refractivity contribution is 6.05. The maximum Gasteiger partial charge on any atom is 0.256 e. The number of H-pyrrole nitrogens is 1. The number of carbonyl (C=O) groups is 1. The maximum atomic E-state index is 13.1. The highest BCUT2D eigenvalue weighted by atomic mass is 16.5. The summed E-state index contributed by atoms with van der Waals surface area (Å²) in [5, 5.41) is 8.00. The highest BCUT2D eigenvalue weighted by Crippen LogP contribution is 2.38. The second kappa shape index (κ2) is 4.84. The predicted molar refractivity (Wildman–Crippen MR) is 79.1 cm³/mol. The van der Waals surface area contributed by atoms with Gasteiger partial charge in [0.2, 0.25) is 0 Å². The minimum atomic E-state index is -0.0858. The Labute approximate surface area is 123 Å². The Bertz CT molecular complexity index is 673. The molecule has 2 aromatic rings. The number of morpholine rings is 1. The molecule has 0 atom stereocenters. The summed E-state index contributed by atoms with van der Waals surface area (Å²) >= 11 is 0. The smallest absolute Gasteiger partial charge is 0.256 e. The quantitative estimate of drug-likeness (QED) is 0.875. The fourth-order valence-corrected chi connectivity index (χ4v) is 3.79. The molecule has 1 spiro atoms. The lowest BCUT2D eigenvalue weighted by atomic mass is 9.93. The third kappa shape index (κ3) is 1.95. The molecule has 5 nitrogen and oxygen atoms in total. The first-order valence-electron chi connectivity index (χ1n) is 7.62. The number of rotatable bonds is 1. The number of hydrogen-bond donors (Lipinski definition) is 1. The molecular formula is C16H19N3O2. The molecule has 2 aliphatic rings. The Kier molecular flexibility index (Phi) is 2.96. The number of nitrogens with zero attached hydrogens (tertiary/aromatic N) is 2. The maximum absolute atomic E-state index is 13.1. The lowest BCUT2D eigenvalue weighted by Gasteiger charge is -2.44. The highest BCUT2D eigenvalue weighted by Gasteiger charge is 2.44. The Morgan fingerprint density at radius 1 is 1.33 bits per heavy atom. The van der Waals surface area contributed by atoms with E-state index < -0.39 is 0 Å². The lowest BCUT2D eigenvalue weighted by Crippen LogP contribution is -2.57. The first kappa shape index (κ1) is 12.8. The van der Waals surface area contributed by atoms with Gasteiger partial charge in [-0.15, -0.1) is 0 Å². The number of carbonyl (C=O) groups excluding carboxylic acids is 1. The Morgan fingerprint density at radius 2 is 2.19 bits per heavy atom. The summed E-state index contributed by atoms with van der Waals surface area (Å²) in [6.07, 6.45) is 6.23. The van der Waals surface area contributed by atoms with Crippen LogP contribution in [0.15, 0.2) is 24.4 Å². The molecule has 0 radical (unpaired) electrons. The number of amides is 1. The van der Waals surface area contributed by atoms with Gasteiger partial charge in [0.1, 0.15) is 0 Å². The van der Waals surface area contributed by atoms with Crippen molar-refractivity contribution in [2.24, 2.45) is 0 Å². The zero-order chi connectivity index (χ0) is 14.3. The van der Waals surface area contributed by atoms with Gasteiger partial charge in [-0.2, -0.15) is 5.10 Å². The van der Waals surface area contributed by atoms with Crippen molar-refractivity contribution in [1.82, 2.24) is 15.1 Å². The van der Waals surface area contributed by atoms with Crippen molar-refractivity contribution in [3.63, 3.8) is 0 Å². The summed E-state index contributed by atoms with van der Waals surface area (Å²) in [5.41, 5.74) is 1.47. The van der Waals surface area contributed by atoms with Gasteiger partial charge in [-0.3, -0.25) is 9.89 Å². The number of nitrogens with one attached hydrogen (secondary N) is 1. The van der Waals surface area contributed by atoms with Crippen LogP contribution in [0.2, 0.25) is 0 Å². The van der Waals surface area contributed by atoms with Crippen LogP contribution in [0.25, 0.3) is 10.9 Å². The van der Waals surface area contributed by atoms with E-state index >= 15 is 0 Å². The molecule has 0 bridgehead atoms. The van der Waals surface area contributed by atoms with Crippen LogP contribution in [0.4, 0.5) is 0 Å². The van der Waals surface area contributed by atoms with Crippen LogP contribution in [0, 0.1) is 0 Å². The van der Waals surface area contributed by atoms with Crippen LogP contribution >= 0.6 is 0 Å². The molecule has 1 aromatic heterocycles. The van der Waals surface area contributed by atoms with Crippen molar-refractivity contribution in [3.05, 3.63) is 30.0 Å². The van der Waals surface area contributed by atoms with Gasteiger partial charge in [0.15, 0.2) is 0 Å². The third-order valence-corrected chi connectivity index (χ3v) is 4.89. The largest absolute Gasteiger partial charge is 0.377 e. The van der Waals surface area contributed by atoms with Crippen LogP contribution in [0.3, 0.4) is 0 Å². The summed E-state index contributed by atoms with van der Waals surface area (Å²) in [4.78, 5) is 15.2. The van der Waals surface area contributed by atoms with Crippen molar-refractivity contribution in [2.45, 2.75) is 31.2 Å². The molecule has 0 unspecified atom stereocenters. The zero-order valence-electron chi connectivity index (χ0n) is 12.0. The zero-order valence-corrected chi connectivity index (χ0v) is 12.0. The molecule has 1 amide bonds. The summed E-state index contributed by atoms with van der Waals surface area (Å²) in [6, 6.07) is 5.79. The van der Waals surface area contributed by atoms with Crippen molar-refractivity contribution >= 4 is 16.8 Å². The van der Waals surface area contributed by atoms with Crippen molar-refractivity contribution < 1.29 is 9.53 Å². The molecule has 4 rings (SSSR count). The Balaban J connectivity index is 1.74. The molecule has 1 aliphatic heterocycles. The van der Waals surface area contributed by atoms with Gasteiger partial charge >= 0.3 is 0 Å². The van der Waals surface area contributed by atoms with Gasteiger partial charge in [0.05, 0.1) is 36.0 Å². The van der Waals surface area contributed by atoms with E-state index in [0.29, 0.717) is 19.8 Å². The molecule has 1 saturated carbocycles. The number of ether oxygens (including phenoxy) is 1. The fourth-order valence-electron chi connectivity index (χ4n) is 3.79. The SMILES string of the molecule is O=C(c1cccc2cn[nH]c12)N1CCOCC12CCCC2. The summed E-state index contributed by atoms with van der Waals surface area (Å²) in [5.74, 6) is 0.107. The number of benzene rings is 1. The lowest BCUT2D eigenvalue weighted by molar-refractivity contribution is -0.0501. The molecule has 1 aliphatic carbocycles. The molecule has 2 fully saturated rings. The molecule has 1 saturated heterocycles. The van der Waals surface area contributed by atoms with Crippen LogP contribution in [-0.2, 0) is 4.74 Å². The number of hydrogen-bond acceptors (Lipinski definition) is 3. The van der Waals surface area contributed by atoms with Gasteiger partial charge in [-0.05, 0) is 18.9 Å². The van der Waals surface area contributed by atoms with Gasteiger partial charge in [0, 0.05) is 11.9 Å². The number of aromatic nitrogens is 2. The second-order valence-electron chi connectivity index (χ2n) is 6.08. The van der Waals surface area contributed by atoms with Crippen LogP contribution in [0.1, 0.15) is 36.0 Å². The Morgan fingerprint density at radius 3 is 3.05 bits per heavy atom. The van der Waals surface area contributed by atoms with E-state index in [4.69, 9.17) is 4.74 Å². The van der Waals surface area contributed by atoms with E-state index in [1.807, 2.05) is 18.2 Å². The minimum Gasteiger partial charge on any atom is -0.377 e. The number of fused-ring (bicyclic) bond motifs is 1. The molecule has 2 heterocycles. The van der Waals surface area contributed by atoms with E-state index in [1.54, 1.807) is 6.20 Å². The predicted octanol–water partition coefficient (Wildman–Crippen LogP) is 2.35. The van der Waals surface area contributed by atoms with E-state index in [9.17, 15) is 4.79 Å². The monoisotopic (exact) mass is 285 g/mol. The first-order chi connectivity index (χ1) is 10.3. The number of para-hydroxylation sites is 1. The van der Waals surface area contributed by atoms with Crippen molar-refractivity contribution in [3.8, 4) is 0 Å². The molecule has 21 heavy (non-hydrogen) atoms. The van der Waals surface area contributed by atoms with Crippen LogP contribution in [0.5, 0.6) is 0 Å². The van der Waals surface area contributed by atoms with Gasteiger partial charge in [-0.1, -0.05) is 25.0 Å². The normalized spacial score (nSPS) is 21.2. The van der Waals surface area contributed by atoms with Gasteiger partial charge in [-0.25, -0.2) is 0 Å². The summed E-state index contributed by atoms with van der Waals surface area (Å²) < 4.78 is 5.68. The van der Waals surface area contributed by atoms with E-state index in [2.05, 4.69) is 15.1 Å². The standard InChI is InChI=1S/C16H19N3O2/c20-15(13-5-3-4-12-10-17-18-14(12)13)19-8-9-21-11-16(19)6-1-2-7-16/h3-5,10H,1-2,6-9,11H2,(H,17,18). The third-order valence-electron chi connectivity index (χ3n) is 4.89. The summed E-state index contributed by atoms with van der Waals surface area (Å²) in [6.45, 7) is 1.99. The van der Waals surface area contributed by atoms with Gasteiger partial charge in [0.25, 0.3) is 5.91 Å². The summed E-state index contributed by atoms with van der Waals surface area (Å²) in [7, 11) is 0. The first-order valence-corrected chi connectivity index (χ1v) is 7.62. The van der Waals surface area contributed by atoms with Gasteiger partial charge < -0.3 is 9.64 Å². The van der Waals surface area contributed by atoms with E-state index in [-0.39, 0.29) is 11.4 Å². The molecule has 1 N–H and O–H groups in total. The topological polar surface area (TPSA) is 58.2 Å². The molecule has 110 valence electrons. The Hall–Kier alpha value is -1.88. The van der Waals surface area contributed by atoms with Crippen molar-refractivity contribution in [1.29, 1.82) is 0 Å². The average Bonchev–Trinajstić information content (AvgIpc) is 3.16. The molecule has 1 aromatic carbocycles. The number of aromatic amines is 1. The second-order valence-corrected chi connectivity index (χ2v) is 6.08. The molecular weight excluding hydrogens is 266 g/mol. The fraction of sp³-hybridized carbons (Fsp3) is 0.500. The average molecular weight is 285 g/mol. The minimum absolute atomic E-state index is 0.0858. The van der Waals surface area contributed by atoms with E-state index in [0.717, 1.165) is 29.3 Å². The van der Waals surface area contributed by atoms with E-state index in [1.165, 1.54) is 12.8 Å². The van der Waals surface area contributed by atoms with Crippen molar-refractivity contribution in [2.75, 3.05) is 19.8 Å².